The van der Waals surface area contributed by atoms with Crippen molar-refractivity contribution in [3.63, 3.8) is 0 Å². The molecule has 20 heavy (non-hydrogen) atoms. The molecule has 1 aliphatic rings. The van der Waals surface area contributed by atoms with Gasteiger partial charge in [0.05, 0.1) is 26.0 Å². The number of ether oxygens (including phenoxy) is 2. The van der Waals surface area contributed by atoms with E-state index in [-0.39, 0.29) is 11.9 Å². The van der Waals surface area contributed by atoms with Crippen molar-refractivity contribution < 1.29 is 14.3 Å². The Morgan fingerprint density at radius 2 is 2.15 bits per heavy atom. The number of rotatable bonds is 5. The fraction of sp³-hybridized carbons (Fsp3) is 0.714. The maximum atomic E-state index is 12.4. The Balaban J connectivity index is 2.14. The van der Waals surface area contributed by atoms with E-state index in [0.29, 0.717) is 12.3 Å². The Labute approximate surface area is 119 Å². The SMILES string of the molecule is COc1cnn(CC(N)(C(=O)OC(C)(C)C)C2CC2)c1. The monoisotopic (exact) mass is 281 g/mol. The molecule has 0 amide bonds. The van der Waals surface area contributed by atoms with Gasteiger partial charge in [-0.15, -0.1) is 0 Å². The van der Waals surface area contributed by atoms with Crippen LogP contribution in [0.5, 0.6) is 5.75 Å². The van der Waals surface area contributed by atoms with Gasteiger partial charge in [0, 0.05) is 0 Å². The highest BCUT2D eigenvalue weighted by atomic mass is 16.6. The third-order valence-corrected chi connectivity index (χ3v) is 3.35. The summed E-state index contributed by atoms with van der Waals surface area (Å²) >= 11 is 0. The third-order valence-electron chi connectivity index (χ3n) is 3.35. The van der Waals surface area contributed by atoms with Crippen molar-refractivity contribution in [1.82, 2.24) is 9.78 Å². The molecule has 1 saturated carbocycles. The molecule has 1 fully saturated rings. The molecule has 1 aromatic heterocycles. The van der Waals surface area contributed by atoms with Gasteiger partial charge in [0.15, 0.2) is 5.75 Å². The van der Waals surface area contributed by atoms with Crippen molar-refractivity contribution in [1.29, 1.82) is 0 Å². The summed E-state index contributed by atoms with van der Waals surface area (Å²) in [4.78, 5) is 12.4. The molecule has 112 valence electrons. The lowest BCUT2D eigenvalue weighted by molar-refractivity contribution is -0.163. The van der Waals surface area contributed by atoms with E-state index in [4.69, 9.17) is 15.2 Å². The van der Waals surface area contributed by atoms with Gasteiger partial charge in [-0.05, 0) is 39.5 Å². The number of nitrogens with zero attached hydrogens (tertiary/aromatic N) is 2. The molecule has 6 heteroatoms. The van der Waals surface area contributed by atoms with E-state index in [1.165, 1.54) is 0 Å². The quantitative estimate of drug-likeness (QED) is 0.824. The van der Waals surface area contributed by atoms with Gasteiger partial charge in [-0.25, -0.2) is 4.79 Å². The topological polar surface area (TPSA) is 79.4 Å². The molecule has 2 N–H and O–H groups in total. The minimum atomic E-state index is -1.02. The second-order valence-electron chi connectivity index (χ2n) is 6.39. The van der Waals surface area contributed by atoms with Crippen molar-refractivity contribution in [2.24, 2.45) is 11.7 Å². The van der Waals surface area contributed by atoms with Gasteiger partial charge in [-0.3, -0.25) is 4.68 Å². The van der Waals surface area contributed by atoms with Crippen LogP contribution in [-0.2, 0) is 16.1 Å². The molecule has 0 radical (unpaired) electrons. The summed E-state index contributed by atoms with van der Waals surface area (Å²) in [5.41, 5.74) is 4.79. The fourth-order valence-electron chi connectivity index (χ4n) is 2.14. The largest absolute Gasteiger partial charge is 0.493 e. The van der Waals surface area contributed by atoms with Gasteiger partial charge in [-0.1, -0.05) is 0 Å². The molecule has 1 aliphatic carbocycles. The van der Waals surface area contributed by atoms with E-state index in [9.17, 15) is 4.79 Å². The zero-order valence-electron chi connectivity index (χ0n) is 12.5. The first kappa shape index (κ1) is 14.8. The summed E-state index contributed by atoms with van der Waals surface area (Å²) in [5, 5.41) is 4.16. The molecular weight excluding hydrogens is 258 g/mol. The van der Waals surface area contributed by atoms with Crippen molar-refractivity contribution in [3.05, 3.63) is 12.4 Å². The third kappa shape index (κ3) is 3.30. The maximum absolute atomic E-state index is 12.4. The first-order valence-electron chi connectivity index (χ1n) is 6.83. The standard InChI is InChI=1S/C14H23N3O3/c1-13(2,3)20-12(18)14(15,10-5-6-10)9-17-8-11(19-4)7-16-17/h7-8,10H,5-6,9,15H2,1-4H3. The van der Waals surface area contributed by atoms with Crippen molar-refractivity contribution >= 4 is 5.97 Å². The number of aromatic nitrogens is 2. The van der Waals surface area contributed by atoms with Gasteiger partial charge >= 0.3 is 5.97 Å². The second-order valence-corrected chi connectivity index (χ2v) is 6.39. The first-order valence-corrected chi connectivity index (χ1v) is 6.83. The number of carbonyl (C=O) groups is 1. The molecule has 0 bridgehead atoms. The summed E-state index contributed by atoms with van der Waals surface area (Å²) in [6.45, 7) is 5.83. The van der Waals surface area contributed by atoms with Crippen LogP contribution in [-0.4, -0.2) is 34.0 Å². The van der Waals surface area contributed by atoms with E-state index in [1.807, 2.05) is 20.8 Å². The summed E-state index contributed by atoms with van der Waals surface area (Å²) < 4.78 is 12.2. The zero-order chi connectivity index (χ0) is 15.0. The fourth-order valence-corrected chi connectivity index (χ4v) is 2.14. The highest BCUT2D eigenvalue weighted by Crippen LogP contribution is 2.40. The molecule has 1 aromatic rings. The maximum Gasteiger partial charge on any atom is 0.328 e. The first-order chi connectivity index (χ1) is 9.24. The lowest BCUT2D eigenvalue weighted by Crippen LogP contribution is -2.56. The Hall–Kier alpha value is -1.56. The van der Waals surface area contributed by atoms with Gasteiger partial charge in [0.1, 0.15) is 11.1 Å². The van der Waals surface area contributed by atoms with E-state index < -0.39 is 11.1 Å². The van der Waals surface area contributed by atoms with Crippen molar-refractivity contribution in [3.8, 4) is 5.75 Å². The van der Waals surface area contributed by atoms with Crippen LogP contribution in [0.3, 0.4) is 0 Å². The van der Waals surface area contributed by atoms with E-state index in [1.54, 1.807) is 24.2 Å². The van der Waals surface area contributed by atoms with Crippen LogP contribution in [0, 0.1) is 5.92 Å². The summed E-state index contributed by atoms with van der Waals surface area (Å²) in [7, 11) is 1.58. The lowest BCUT2D eigenvalue weighted by atomic mass is 9.94. The van der Waals surface area contributed by atoms with Gasteiger partial charge in [-0.2, -0.15) is 5.10 Å². The molecule has 1 unspecified atom stereocenters. The number of hydrogen-bond acceptors (Lipinski definition) is 5. The minimum absolute atomic E-state index is 0.160. The average Bonchev–Trinajstić information content (AvgIpc) is 3.09. The predicted octanol–water partition coefficient (Wildman–Crippen LogP) is 1.34. The Morgan fingerprint density at radius 1 is 1.50 bits per heavy atom. The van der Waals surface area contributed by atoms with Crippen molar-refractivity contribution in [2.45, 2.75) is 51.3 Å². The Bertz CT molecular complexity index is 488. The van der Waals surface area contributed by atoms with Gasteiger partial charge in [0.2, 0.25) is 0 Å². The van der Waals surface area contributed by atoms with Crippen LogP contribution in [0.1, 0.15) is 33.6 Å². The van der Waals surface area contributed by atoms with Crippen LogP contribution in [0.4, 0.5) is 0 Å². The molecular formula is C14H23N3O3. The molecule has 0 aliphatic heterocycles. The van der Waals surface area contributed by atoms with E-state index in [2.05, 4.69) is 5.10 Å². The highest BCUT2D eigenvalue weighted by molar-refractivity contribution is 5.81. The molecule has 0 spiro atoms. The number of hydrogen-bond donors (Lipinski definition) is 1. The van der Waals surface area contributed by atoms with Crippen LogP contribution in [0.25, 0.3) is 0 Å². The van der Waals surface area contributed by atoms with Crippen LogP contribution in [0.15, 0.2) is 12.4 Å². The molecule has 1 heterocycles. The summed E-state index contributed by atoms with van der Waals surface area (Å²) in [6, 6.07) is 0. The van der Waals surface area contributed by atoms with Crippen molar-refractivity contribution in [2.75, 3.05) is 7.11 Å². The number of nitrogens with two attached hydrogens (primary N) is 1. The molecule has 0 aromatic carbocycles. The Kier molecular flexibility index (Phi) is 3.77. The van der Waals surface area contributed by atoms with E-state index >= 15 is 0 Å². The predicted molar refractivity (Wildman–Crippen MR) is 74.3 cm³/mol. The number of methoxy groups -OCH3 is 1. The molecule has 1 atom stereocenters. The molecule has 0 saturated heterocycles. The summed E-state index contributed by atoms with van der Waals surface area (Å²) in [5.74, 6) is 0.446. The Morgan fingerprint density at radius 3 is 2.60 bits per heavy atom. The van der Waals surface area contributed by atoms with E-state index in [0.717, 1.165) is 12.8 Å². The van der Waals surface area contributed by atoms with Crippen LogP contribution in [0.2, 0.25) is 0 Å². The zero-order valence-corrected chi connectivity index (χ0v) is 12.5. The number of esters is 1. The average molecular weight is 281 g/mol. The van der Waals surface area contributed by atoms with Crippen LogP contribution < -0.4 is 10.5 Å². The molecule has 6 nitrogen and oxygen atoms in total. The highest BCUT2D eigenvalue weighted by Gasteiger charge is 2.50. The summed E-state index contributed by atoms with van der Waals surface area (Å²) in [6.07, 6.45) is 5.24. The number of carbonyl (C=O) groups excluding carboxylic acids is 1. The second kappa shape index (κ2) is 5.09. The normalized spacial score (nSPS) is 18.4. The lowest BCUT2D eigenvalue weighted by Gasteiger charge is -2.31. The van der Waals surface area contributed by atoms with Gasteiger partial charge in [0.25, 0.3) is 0 Å². The van der Waals surface area contributed by atoms with Gasteiger partial charge < -0.3 is 15.2 Å². The van der Waals surface area contributed by atoms with Crippen LogP contribution >= 0.6 is 0 Å². The minimum Gasteiger partial charge on any atom is -0.493 e. The molecule has 2 rings (SSSR count). The smallest absolute Gasteiger partial charge is 0.328 e.